The van der Waals surface area contributed by atoms with E-state index in [1.54, 1.807) is 6.08 Å². The van der Waals surface area contributed by atoms with Crippen molar-refractivity contribution in [3.8, 4) is 5.75 Å². The first-order valence-electron chi connectivity index (χ1n) is 7.73. The molecule has 1 aliphatic rings. The minimum absolute atomic E-state index is 0.0450. The molecule has 2 aromatic carbocycles. The first-order valence-corrected chi connectivity index (χ1v) is 7.73. The maximum atomic E-state index is 12.4. The summed E-state index contributed by atoms with van der Waals surface area (Å²) in [5.74, 6) is 0.610. The van der Waals surface area contributed by atoms with Gasteiger partial charge in [-0.15, -0.1) is 0 Å². The maximum absolute atomic E-state index is 12.4. The zero-order valence-corrected chi connectivity index (χ0v) is 13.0. The predicted molar refractivity (Wildman–Crippen MR) is 93.1 cm³/mol. The Hall–Kier alpha value is -2.75. The number of anilines is 2. The molecule has 4 nitrogen and oxygen atoms in total. The van der Waals surface area contributed by atoms with Gasteiger partial charge in [0.15, 0.2) is 0 Å². The van der Waals surface area contributed by atoms with Crippen LogP contribution in [0.2, 0.25) is 0 Å². The van der Waals surface area contributed by atoms with Crippen LogP contribution in [0.3, 0.4) is 0 Å². The van der Waals surface area contributed by atoms with Gasteiger partial charge in [0.1, 0.15) is 12.4 Å². The van der Waals surface area contributed by atoms with E-state index in [1.165, 1.54) is 5.56 Å². The molecule has 1 N–H and O–H groups in total. The summed E-state index contributed by atoms with van der Waals surface area (Å²) in [6, 6.07) is 15.7. The van der Waals surface area contributed by atoms with Gasteiger partial charge in [0.25, 0.3) is 0 Å². The topological polar surface area (TPSA) is 41.6 Å². The number of hydrogen-bond acceptors (Lipinski definition) is 3. The number of rotatable bonds is 6. The summed E-state index contributed by atoms with van der Waals surface area (Å²) in [4.78, 5) is 14.5. The van der Waals surface area contributed by atoms with Gasteiger partial charge >= 0.3 is 0 Å². The predicted octanol–water partition coefficient (Wildman–Crippen LogP) is 3.25. The van der Waals surface area contributed by atoms with E-state index in [4.69, 9.17) is 4.74 Å². The Bertz CT molecular complexity index is 712. The second-order valence-corrected chi connectivity index (χ2v) is 5.44. The van der Waals surface area contributed by atoms with Crippen molar-refractivity contribution in [1.82, 2.24) is 0 Å². The summed E-state index contributed by atoms with van der Waals surface area (Å²) < 4.78 is 5.57. The minimum Gasteiger partial charge on any atom is -0.487 e. The van der Waals surface area contributed by atoms with E-state index >= 15 is 0 Å². The van der Waals surface area contributed by atoms with Gasteiger partial charge in [-0.1, -0.05) is 43.0 Å². The van der Waals surface area contributed by atoms with Crippen molar-refractivity contribution >= 4 is 17.3 Å². The molecular weight excluding hydrogens is 288 g/mol. The zero-order valence-electron chi connectivity index (χ0n) is 13.0. The molecule has 1 amide bonds. The van der Waals surface area contributed by atoms with E-state index in [2.05, 4.69) is 28.9 Å². The van der Waals surface area contributed by atoms with Gasteiger partial charge in [-0.3, -0.25) is 4.79 Å². The van der Waals surface area contributed by atoms with Crippen molar-refractivity contribution in [1.29, 1.82) is 0 Å². The molecule has 0 unspecified atom stereocenters. The molecule has 0 bridgehead atoms. The van der Waals surface area contributed by atoms with Gasteiger partial charge in [0.05, 0.1) is 12.2 Å². The van der Waals surface area contributed by atoms with Crippen molar-refractivity contribution in [2.45, 2.75) is 6.42 Å². The third-order valence-corrected chi connectivity index (χ3v) is 3.84. The second-order valence-electron chi connectivity index (χ2n) is 5.44. The Morgan fingerprint density at radius 2 is 2.00 bits per heavy atom. The van der Waals surface area contributed by atoms with Crippen LogP contribution < -0.4 is 15.0 Å². The molecule has 1 aliphatic heterocycles. The number of carbonyl (C=O) groups is 1. The van der Waals surface area contributed by atoms with Gasteiger partial charge in [-0.05, 0) is 30.2 Å². The number of carbonyl (C=O) groups excluding carboxylic acids is 1. The SMILES string of the molecule is C=CCOc1ccccc1NC(=O)CN1CCc2ccccc21. The Morgan fingerprint density at radius 3 is 2.87 bits per heavy atom. The molecule has 4 heteroatoms. The van der Waals surface area contributed by atoms with E-state index in [-0.39, 0.29) is 5.91 Å². The third kappa shape index (κ3) is 3.54. The van der Waals surface area contributed by atoms with Crippen LogP contribution in [-0.4, -0.2) is 25.6 Å². The molecule has 1 heterocycles. The van der Waals surface area contributed by atoms with Gasteiger partial charge in [0.2, 0.25) is 5.91 Å². The lowest BCUT2D eigenvalue weighted by Crippen LogP contribution is -2.32. The molecule has 0 fully saturated rings. The van der Waals surface area contributed by atoms with E-state index < -0.39 is 0 Å². The summed E-state index contributed by atoms with van der Waals surface area (Å²) in [5, 5.41) is 2.94. The summed E-state index contributed by atoms with van der Waals surface area (Å²) in [5.41, 5.74) is 3.14. The van der Waals surface area contributed by atoms with Crippen LogP contribution in [0, 0.1) is 0 Å². The lowest BCUT2D eigenvalue weighted by atomic mass is 10.2. The van der Waals surface area contributed by atoms with Gasteiger partial charge < -0.3 is 15.0 Å². The second kappa shape index (κ2) is 7.01. The normalized spacial score (nSPS) is 12.6. The van der Waals surface area contributed by atoms with Crippen LogP contribution >= 0.6 is 0 Å². The fourth-order valence-electron chi connectivity index (χ4n) is 2.78. The quantitative estimate of drug-likeness (QED) is 0.833. The Morgan fingerprint density at radius 1 is 1.22 bits per heavy atom. The zero-order chi connectivity index (χ0) is 16.1. The van der Waals surface area contributed by atoms with Crippen molar-refractivity contribution in [2.24, 2.45) is 0 Å². The number of ether oxygens (including phenoxy) is 1. The van der Waals surface area contributed by atoms with Crippen LogP contribution in [0.4, 0.5) is 11.4 Å². The standard InChI is InChI=1S/C19H20N2O2/c1-2-13-23-18-10-6-4-8-16(18)20-19(22)14-21-12-11-15-7-3-5-9-17(15)21/h2-10H,1,11-14H2,(H,20,22). The van der Waals surface area contributed by atoms with E-state index in [1.807, 2.05) is 36.4 Å². The highest BCUT2D eigenvalue weighted by molar-refractivity contribution is 5.95. The Labute approximate surface area is 136 Å². The van der Waals surface area contributed by atoms with Crippen LogP contribution in [0.15, 0.2) is 61.2 Å². The monoisotopic (exact) mass is 308 g/mol. The van der Waals surface area contributed by atoms with E-state index in [9.17, 15) is 4.79 Å². The molecule has 0 aliphatic carbocycles. The highest BCUT2D eigenvalue weighted by Gasteiger charge is 2.20. The van der Waals surface area contributed by atoms with E-state index in [0.717, 1.165) is 18.7 Å². The molecule has 0 spiro atoms. The molecule has 0 saturated heterocycles. The molecule has 0 atom stereocenters. The number of benzene rings is 2. The summed E-state index contributed by atoms with van der Waals surface area (Å²) in [6.45, 7) is 5.26. The number of amides is 1. The Balaban J connectivity index is 1.66. The smallest absolute Gasteiger partial charge is 0.243 e. The third-order valence-electron chi connectivity index (χ3n) is 3.84. The number of para-hydroxylation sites is 3. The summed E-state index contributed by atoms with van der Waals surface area (Å²) in [6.07, 6.45) is 2.67. The molecular formula is C19H20N2O2. The lowest BCUT2D eigenvalue weighted by molar-refractivity contribution is -0.115. The maximum Gasteiger partial charge on any atom is 0.243 e. The van der Waals surface area contributed by atoms with Crippen LogP contribution in [0.1, 0.15) is 5.56 Å². The average Bonchev–Trinajstić information content (AvgIpc) is 2.97. The van der Waals surface area contributed by atoms with Crippen LogP contribution in [0.25, 0.3) is 0 Å². The van der Waals surface area contributed by atoms with Gasteiger partial charge in [0, 0.05) is 12.2 Å². The first kappa shape index (κ1) is 15.2. The lowest BCUT2D eigenvalue weighted by Gasteiger charge is -2.19. The highest BCUT2D eigenvalue weighted by atomic mass is 16.5. The molecule has 2 aromatic rings. The molecule has 23 heavy (non-hydrogen) atoms. The molecule has 0 saturated carbocycles. The number of nitrogens with one attached hydrogen (secondary N) is 1. The van der Waals surface area contributed by atoms with Crippen molar-refractivity contribution in [3.05, 3.63) is 66.7 Å². The van der Waals surface area contributed by atoms with Crippen molar-refractivity contribution in [3.63, 3.8) is 0 Å². The van der Waals surface area contributed by atoms with Crippen molar-refractivity contribution < 1.29 is 9.53 Å². The number of hydrogen-bond donors (Lipinski definition) is 1. The van der Waals surface area contributed by atoms with Crippen LogP contribution in [0.5, 0.6) is 5.75 Å². The molecule has 0 aromatic heterocycles. The Kier molecular flexibility index (Phi) is 4.62. The largest absolute Gasteiger partial charge is 0.487 e. The number of nitrogens with zero attached hydrogens (tertiary/aromatic N) is 1. The van der Waals surface area contributed by atoms with E-state index in [0.29, 0.717) is 24.6 Å². The summed E-state index contributed by atoms with van der Waals surface area (Å²) >= 11 is 0. The highest BCUT2D eigenvalue weighted by Crippen LogP contribution is 2.28. The molecule has 0 radical (unpaired) electrons. The number of fused-ring (bicyclic) bond motifs is 1. The van der Waals surface area contributed by atoms with Crippen LogP contribution in [-0.2, 0) is 11.2 Å². The first-order chi connectivity index (χ1) is 11.3. The summed E-state index contributed by atoms with van der Waals surface area (Å²) in [7, 11) is 0. The fourth-order valence-corrected chi connectivity index (χ4v) is 2.78. The minimum atomic E-state index is -0.0450. The fraction of sp³-hybridized carbons (Fsp3) is 0.211. The van der Waals surface area contributed by atoms with Gasteiger partial charge in [-0.2, -0.15) is 0 Å². The average molecular weight is 308 g/mol. The van der Waals surface area contributed by atoms with Crippen molar-refractivity contribution in [2.75, 3.05) is 29.9 Å². The van der Waals surface area contributed by atoms with Gasteiger partial charge in [-0.25, -0.2) is 0 Å². The molecule has 3 rings (SSSR count). The molecule has 118 valence electrons.